The van der Waals surface area contributed by atoms with Gasteiger partial charge in [0, 0.05) is 25.6 Å². The number of hydrogen-bond donors (Lipinski definition) is 1. The number of likely N-dealkylation sites (tertiary alicyclic amines) is 1. The Morgan fingerprint density at radius 3 is 2.62 bits per heavy atom. The predicted molar refractivity (Wildman–Crippen MR) is 113 cm³/mol. The van der Waals surface area contributed by atoms with Crippen LogP contribution in [0, 0.1) is 6.92 Å². The van der Waals surface area contributed by atoms with Gasteiger partial charge in [0.2, 0.25) is 0 Å². The molecule has 2 aromatic rings. The van der Waals surface area contributed by atoms with E-state index in [-0.39, 0.29) is 18.1 Å². The molecule has 0 spiro atoms. The van der Waals surface area contributed by atoms with E-state index in [1.54, 1.807) is 6.20 Å². The predicted octanol–water partition coefficient (Wildman–Crippen LogP) is 3.35. The zero-order valence-electron chi connectivity index (χ0n) is 17.7. The zero-order chi connectivity index (χ0) is 20.4. The number of carbonyl (C=O) groups is 1. The molecule has 6 nitrogen and oxygen atoms in total. The fourth-order valence-electron chi connectivity index (χ4n) is 4.74. The lowest BCUT2D eigenvalue weighted by molar-refractivity contribution is -0.0586. The van der Waals surface area contributed by atoms with E-state index in [4.69, 9.17) is 4.74 Å². The minimum atomic E-state index is 0.0721. The summed E-state index contributed by atoms with van der Waals surface area (Å²) < 4.78 is 5.78. The largest absolute Gasteiger partial charge is 0.372 e. The molecule has 2 atom stereocenters. The highest BCUT2D eigenvalue weighted by Gasteiger charge is 2.31. The van der Waals surface area contributed by atoms with Crippen LogP contribution in [0.3, 0.4) is 0 Å². The van der Waals surface area contributed by atoms with Crippen LogP contribution in [0.25, 0.3) is 0 Å². The van der Waals surface area contributed by atoms with Crippen LogP contribution in [-0.2, 0) is 11.3 Å². The summed E-state index contributed by atoms with van der Waals surface area (Å²) in [5, 5.41) is 7.37. The average Bonchev–Trinajstić information content (AvgIpc) is 3.17. The summed E-state index contributed by atoms with van der Waals surface area (Å²) in [6.07, 6.45) is 3.95. The van der Waals surface area contributed by atoms with Crippen LogP contribution in [0.15, 0.2) is 30.5 Å². The number of aromatic amines is 1. The Hall–Kier alpha value is -2.18. The lowest BCUT2D eigenvalue weighted by Gasteiger charge is -2.36. The van der Waals surface area contributed by atoms with E-state index in [1.165, 1.54) is 11.1 Å². The van der Waals surface area contributed by atoms with Gasteiger partial charge in [-0.05, 0) is 52.3 Å². The van der Waals surface area contributed by atoms with Gasteiger partial charge in [0.15, 0.2) is 0 Å². The molecule has 0 unspecified atom stereocenters. The van der Waals surface area contributed by atoms with Crippen molar-refractivity contribution in [1.82, 2.24) is 20.0 Å². The number of aryl methyl sites for hydroxylation is 1. The van der Waals surface area contributed by atoms with Crippen LogP contribution in [0.1, 0.15) is 59.8 Å². The molecule has 2 fully saturated rings. The van der Waals surface area contributed by atoms with Gasteiger partial charge in [-0.2, -0.15) is 5.10 Å². The van der Waals surface area contributed by atoms with Crippen LogP contribution in [-0.4, -0.2) is 64.3 Å². The second-order valence-electron chi connectivity index (χ2n) is 8.70. The number of carbonyl (C=O) groups excluding carboxylic acids is 1. The molecule has 1 amide bonds. The van der Waals surface area contributed by atoms with Crippen molar-refractivity contribution >= 4 is 5.91 Å². The third-order valence-electron chi connectivity index (χ3n) is 6.09. The number of H-pyrrole nitrogens is 1. The van der Waals surface area contributed by atoms with Crippen LogP contribution in [0.2, 0.25) is 0 Å². The van der Waals surface area contributed by atoms with Gasteiger partial charge in [0.1, 0.15) is 0 Å². The Balaban J connectivity index is 1.38. The number of ether oxygens (including phenoxy) is 1. The molecule has 0 aliphatic carbocycles. The summed E-state index contributed by atoms with van der Waals surface area (Å²) in [4.78, 5) is 17.6. The number of nitrogens with zero attached hydrogens (tertiary/aromatic N) is 3. The Bertz CT molecular complexity index is 831. The van der Waals surface area contributed by atoms with Gasteiger partial charge in [-0.3, -0.25) is 14.8 Å². The first-order valence-electron chi connectivity index (χ1n) is 10.8. The van der Waals surface area contributed by atoms with Gasteiger partial charge in [-0.1, -0.05) is 29.8 Å². The maximum absolute atomic E-state index is 13.2. The highest BCUT2D eigenvalue weighted by atomic mass is 16.5. The third-order valence-corrected chi connectivity index (χ3v) is 6.09. The third kappa shape index (κ3) is 4.70. The van der Waals surface area contributed by atoms with E-state index >= 15 is 0 Å². The van der Waals surface area contributed by atoms with Crippen molar-refractivity contribution in [2.75, 3.05) is 26.2 Å². The number of amides is 1. The molecule has 2 aliphatic rings. The first kappa shape index (κ1) is 20.1. The number of piperidine rings is 1. The van der Waals surface area contributed by atoms with Crippen molar-refractivity contribution in [3.05, 3.63) is 52.8 Å². The second kappa shape index (κ2) is 8.67. The van der Waals surface area contributed by atoms with Gasteiger partial charge >= 0.3 is 0 Å². The Labute approximate surface area is 173 Å². The topological polar surface area (TPSA) is 61.5 Å². The van der Waals surface area contributed by atoms with Crippen LogP contribution in [0.5, 0.6) is 0 Å². The fourth-order valence-corrected chi connectivity index (χ4v) is 4.74. The Kier molecular flexibility index (Phi) is 6.01. The molecule has 2 aliphatic heterocycles. The van der Waals surface area contributed by atoms with Crippen molar-refractivity contribution in [2.45, 2.75) is 58.3 Å². The summed E-state index contributed by atoms with van der Waals surface area (Å²) in [6.45, 7) is 10.5. The van der Waals surface area contributed by atoms with E-state index in [0.717, 1.165) is 43.7 Å². The van der Waals surface area contributed by atoms with E-state index in [9.17, 15) is 4.79 Å². The van der Waals surface area contributed by atoms with Crippen molar-refractivity contribution in [2.24, 2.45) is 0 Å². The maximum atomic E-state index is 13.2. The highest BCUT2D eigenvalue weighted by molar-refractivity contribution is 5.95. The number of rotatable bonds is 4. The first-order valence-corrected chi connectivity index (χ1v) is 10.8. The molecule has 0 radical (unpaired) electrons. The van der Waals surface area contributed by atoms with Gasteiger partial charge in [-0.25, -0.2) is 0 Å². The monoisotopic (exact) mass is 396 g/mol. The smallest absolute Gasteiger partial charge is 0.257 e. The quantitative estimate of drug-likeness (QED) is 0.861. The average molecular weight is 397 g/mol. The summed E-state index contributed by atoms with van der Waals surface area (Å²) in [5.74, 6) is 0.444. The van der Waals surface area contributed by atoms with E-state index in [0.29, 0.717) is 19.0 Å². The summed E-state index contributed by atoms with van der Waals surface area (Å²) in [7, 11) is 0. The van der Waals surface area contributed by atoms with Crippen molar-refractivity contribution in [3.63, 3.8) is 0 Å². The summed E-state index contributed by atoms with van der Waals surface area (Å²) in [6, 6.07) is 8.74. The molecule has 4 rings (SSSR count). The van der Waals surface area contributed by atoms with E-state index in [2.05, 4.69) is 46.3 Å². The van der Waals surface area contributed by atoms with Crippen LogP contribution in [0.4, 0.5) is 0 Å². The lowest BCUT2D eigenvalue weighted by atomic mass is 9.90. The standard InChI is InChI=1S/C23H32N4O2/c1-16-5-4-6-19(11-16)15-26-9-7-20(8-10-26)22-21(12-24-25-22)23(28)27-13-17(2)29-18(3)14-27/h4-6,11-12,17-18,20H,7-10,13-15H2,1-3H3,(H,24,25)/t17-,18-/m0/s1. The van der Waals surface area contributed by atoms with Gasteiger partial charge in [0.25, 0.3) is 5.91 Å². The van der Waals surface area contributed by atoms with Crippen molar-refractivity contribution in [3.8, 4) is 0 Å². The van der Waals surface area contributed by atoms with Gasteiger partial charge in [-0.15, -0.1) is 0 Å². The van der Waals surface area contributed by atoms with Gasteiger partial charge in [0.05, 0.1) is 29.7 Å². The molecule has 0 bridgehead atoms. The number of morpholine rings is 1. The molecular formula is C23H32N4O2. The molecule has 6 heteroatoms. The normalized spacial score (nSPS) is 24.0. The lowest BCUT2D eigenvalue weighted by Crippen LogP contribution is -2.48. The number of aromatic nitrogens is 2. The number of benzene rings is 1. The molecule has 156 valence electrons. The maximum Gasteiger partial charge on any atom is 0.257 e. The second-order valence-corrected chi connectivity index (χ2v) is 8.70. The molecule has 1 aromatic heterocycles. The van der Waals surface area contributed by atoms with Crippen LogP contribution < -0.4 is 0 Å². The highest BCUT2D eigenvalue weighted by Crippen LogP contribution is 2.30. The number of hydrogen-bond acceptors (Lipinski definition) is 4. The zero-order valence-corrected chi connectivity index (χ0v) is 17.7. The SMILES string of the molecule is Cc1cccc(CN2CCC(c3[nH]ncc3C(=O)N3C[C@H](C)O[C@@H](C)C3)CC2)c1. The molecule has 3 heterocycles. The fraction of sp³-hybridized carbons (Fsp3) is 0.565. The Morgan fingerprint density at radius 2 is 1.93 bits per heavy atom. The van der Waals surface area contributed by atoms with E-state index < -0.39 is 0 Å². The molecule has 1 aromatic carbocycles. The molecular weight excluding hydrogens is 364 g/mol. The number of nitrogens with one attached hydrogen (secondary N) is 1. The molecule has 2 saturated heterocycles. The Morgan fingerprint density at radius 1 is 1.21 bits per heavy atom. The summed E-state index contributed by atoms with van der Waals surface area (Å²) in [5.41, 5.74) is 4.43. The minimum Gasteiger partial charge on any atom is -0.372 e. The van der Waals surface area contributed by atoms with Crippen molar-refractivity contribution < 1.29 is 9.53 Å². The van der Waals surface area contributed by atoms with Crippen molar-refractivity contribution in [1.29, 1.82) is 0 Å². The summed E-state index contributed by atoms with van der Waals surface area (Å²) >= 11 is 0. The van der Waals surface area contributed by atoms with Gasteiger partial charge < -0.3 is 9.64 Å². The van der Waals surface area contributed by atoms with E-state index in [1.807, 2.05) is 18.7 Å². The molecule has 29 heavy (non-hydrogen) atoms. The first-order chi connectivity index (χ1) is 14.0. The van der Waals surface area contributed by atoms with Crippen LogP contribution >= 0.6 is 0 Å². The minimum absolute atomic E-state index is 0.0721. The molecule has 1 N–H and O–H groups in total. The molecule has 0 saturated carbocycles.